The molecule has 2 atom stereocenters. The molecule has 1 rings (SSSR count). The lowest BCUT2D eigenvalue weighted by Crippen LogP contribution is -2.49. The van der Waals surface area contributed by atoms with Gasteiger partial charge in [-0.15, -0.1) is 0 Å². The fraction of sp³-hybridized carbons (Fsp3) is 0.818. The molecule has 1 amide bonds. The average Bonchev–Trinajstić information content (AvgIpc) is 2.82. The molecule has 0 aliphatic carbocycles. The average molecular weight is 292 g/mol. The van der Waals surface area contributed by atoms with Crippen molar-refractivity contribution in [3.8, 4) is 0 Å². The van der Waals surface area contributed by atoms with Crippen LogP contribution in [-0.4, -0.2) is 62.9 Å². The summed E-state index contributed by atoms with van der Waals surface area (Å²) < 4.78 is 26.7. The highest BCUT2D eigenvalue weighted by atomic mass is 32.2. The quantitative estimate of drug-likeness (QED) is 0.645. The van der Waals surface area contributed by atoms with Crippen LogP contribution in [-0.2, 0) is 24.2 Å². The van der Waals surface area contributed by atoms with Crippen molar-refractivity contribution in [3.05, 3.63) is 0 Å². The van der Waals surface area contributed by atoms with Crippen molar-refractivity contribution >= 4 is 21.7 Å². The predicted octanol–water partition coefficient (Wildman–Crippen LogP) is -1.09. The summed E-state index contributed by atoms with van der Waals surface area (Å²) in [5.74, 6) is -0.992. The SMILES string of the molecule is COC(=O)C1CCCN1C(=O)C(N)CCS(C)(=O)=O. The van der Waals surface area contributed by atoms with Crippen LogP contribution in [0.2, 0.25) is 0 Å². The molecule has 0 aromatic rings. The number of nitrogens with zero attached hydrogens (tertiary/aromatic N) is 1. The Morgan fingerprint density at radius 3 is 2.63 bits per heavy atom. The Bertz CT molecular complexity index is 448. The molecule has 0 aromatic heterocycles. The number of amides is 1. The van der Waals surface area contributed by atoms with Gasteiger partial charge >= 0.3 is 5.97 Å². The van der Waals surface area contributed by atoms with Crippen molar-refractivity contribution in [2.45, 2.75) is 31.3 Å². The predicted molar refractivity (Wildman–Crippen MR) is 69.1 cm³/mol. The number of methoxy groups -OCH3 is 1. The summed E-state index contributed by atoms with van der Waals surface area (Å²) in [7, 11) is -1.88. The second kappa shape index (κ2) is 6.33. The highest BCUT2D eigenvalue weighted by molar-refractivity contribution is 7.90. The van der Waals surface area contributed by atoms with Crippen LogP contribution in [0.15, 0.2) is 0 Å². The molecule has 0 radical (unpaired) electrons. The van der Waals surface area contributed by atoms with Crippen molar-refractivity contribution in [1.29, 1.82) is 0 Å². The number of carbonyl (C=O) groups excluding carboxylic acids is 2. The van der Waals surface area contributed by atoms with Crippen molar-refractivity contribution < 1.29 is 22.7 Å². The van der Waals surface area contributed by atoms with E-state index in [4.69, 9.17) is 5.73 Å². The van der Waals surface area contributed by atoms with E-state index in [0.717, 1.165) is 6.26 Å². The first-order valence-corrected chi connectivity index (χ1v) is 8.14. The smallest absolute Gasteiger partial charge is 0.328 e. The molecule has 8 heteroatoms. The van der Waals surface area contributed by atoms with Gasteiger partial charge in [0, 0.05) is 12.8 Å². The number of nitrogens with two attached hydrogens (primary N) is 1. The minimum absolute atomic E-state index is 0.0576. The third-order valence-corrected chi connectivity index (χ3v) is 4.10. The van der Waals surface area contributed by atoms with Gasteiger partial charge < -0.3 is 15.4 Å². The minimum Gasteiger partial charge on any atom is -0.467 e. The molecule has 7 nitrogen and oxygen atoms in total. The van der Waals surface area contributed by atoms with E-state index in [1.165, 1.54) is 12.0 Å². The van der Waals surface area contributed by atoms with E-state index < -0.39 is 33.8 Å². The summed E-state index contributed by atoms with van der Waals surface area (Å²) in [4.78, 5) is 25.0. The zero-order valence-corrected chi connectivity index (χ0v) is 12.0. The third kappa shape index (κ3) is 4.46. The second-order valence-corrected chi connectivity index (χ2v) is 7.00. The zero-order valence-electron chi connectivity index (χ0n) is 11.2. The van der Waals surface area contributed by atoms with Crippen LogP contribution in [0.1, 0.15) is 19.3 Å². The summed E-state index contributed by atoms with van der Waals surface area (Å²) in [6.07, 6.45) is 2.42. The van der Waals surface area contributed by atoms with Gasteiger partial charge in [0.25, 0.3) is 0 Å². The van der Waals surface area contributed by atoms with Crippen molar-refractivity contribution in [3.63, 3.8) is 0 Å². The first kappa shape index (κ1) is 15.9. The molecule has 0 saturated carbocycles. The Balaban J connectivity index is 2.63. The molecule has 19 heavy (non-hydrogen) atoms. The molecule has 2 N–H and O–H groups in total. The van der Waals surface area contributed by atoms with Crippen molar-refractivity contribution in [2.75, 3.05) is 25.7 Å². The zero-order chi connectivity index (χ0) is 14.6. The number of ether oxygens (including phenoxy) is 1. The lowest BCUT2D eigenvalue weighted by Gasteiger charge is -2.25. The molecule has 0 spiro atoms. The fourth-order valence-electron chi connectivity index (χ4n) is 2.09. The van der Waals surface area contributed by atoms with E-state index in [9.17, 15) is 18.0 Å². The maximum atomic E-state index is 12.1. The Kier molecular flexibility index (Phi) is 5.30. The van der Waals surface area contributed by atoms with E-state index in [1.54, 1.807) is 0 Å². The summed E-state index contributed by atoms with van der Waals surface area (Å²) in [5.41, 5.74) is 5.70. The fourth-order valence-corrected chi connectivity index (χ4v) is 2.77. The van der Waals surface area contributed by atoms with Gasteiger partial charge in [-0.2, -0.15) is 0 Å². The molecule has 0 bridgehead atoms. The molecule has 1 fully saturated rings. The van der Waals surface area contributed by atoms with Gasteiger partial charge in [-0.3, -0.25) is 4.79 Å². The molecule has 1 aliphatic rings. The minimum atomic E-state index is -3.15. The van der Waals surface area contributed by atoms with Gasteiger partial charge in [-0.1, -0.05) is 0 Å². The number of rotatable bonds is 5. The Hall–Kier alpha value is -1.15. The number of carbonyl (C=O) groups is 2. The van der Waals surface area contributed by atoms with Crippen LogP contribution in [0.4, 0.5) is 0 Å². The van der Waals surface area contributed by atoms with E-state index in [0.29, 0.717) is 19.4 Å². The second-order valence-electron chi connectivity index (χ2n) is 4.74. The van der Waals surface area contributed by atoms with Crippen LogP contribution in [0.3, 0.4) is 0 Å². The number of likely N-dealkylation sites (tertiary alicyclic amines) is 1. The van der Waals surface area contributed by atoms with E-state index in [-0.39, 0.29) is 12.2 Å². The molecule has 2 unspecified atom stereocenters. The van der Waals surface area contributed by atoms with Crippen molar-refractivity contribution in [2.24, 2.45) is 5.73 Å². The van der Waals surface area contributed by atoms with Crippen LogP contribution < -0.4 is 5.73 Å². The van der Waals surface area contributed by atoms with Gasteiger partial charge in [0.2, 0.25) is 5.91 Å². The first-order chi connectivity index (χ1) is 8.76. The number of esters is 1. The molecular weight excluding hydrogens is 272 g/mol. The van der Waals surface area contributed by atoms with Gasteiger partial charge in [-0.25, -0.2) is 13.2 Å². The number of hydrogen-bond acceptors (Lipinski definition) is 6. The first-order valence-electron chi connectivity index (χ1n) is 6.08. The lowest BCUT2D eigenvalue weighted by molar-refractivity contribution is -0.151. The van der Waals surface area contributed by atoms with Gasteiger partial charge in [0.05, 0.1) is 18.9 Å². The normalized spacial score (nSPS) is 21.2. The van der Waals surface area contributed by atoms with Gasteiger partial charge in [0.15, 0.2) is 0 Å². The van der Waals surface area contributed by atoms with Crippen LogP contribution in [0.25, 0.3) is 0 Å². The van der Waals surface area contributed by atoms with E-state index in [1.807, 2.05) is 0 Å². The molecule has 110 valence electrons. The Labute approximate surface area is 113 Å². The largest absolute Gasteiger partial charge is 0.467 e. The highest BCUT2D eigenvalue weighted by Crippen LogP contribution is 2.19. The number of hydrogen-bond donors (Lipinski definition) is 1. The van der Waals surface area contributed by atoms with E-state index in [2.05, 4.69) is 4.74 Å². The molecule has 1 aliphatic heterocycles. The monoisotopic (exact) mass is 292 g/mol. The summed E-state index contributed by atoms with van der Waals surface area (Å²) in [6, 6.07) is -1.50. The van der Waals surface area contributed by atoms with Gasteiger partial charge in [-0.05, 0) is 19.3 Å². The van der Waals surface area contributed by atoms with Gasteiger partial charge in [0.1, 0.15) is 15.9 Å². The Morgan fingerprint density at radius 2 is 2.11 bits per heavy atom. The van der Waals surface area contributed by atoms with Crippen LogP contribution in [0, 0.1) is 0 Å². The van der Waals surface area contributed by atoms with Crippen molar-refractivity contribution in [1.82, 2.24) is 4.90 Å². The summed E-state index contributed by atoms with van der Waals surface area (Å²) in [6.45, 7) is 0.450. The Morgan fingerprint density at radius 1 is 1.47 bits per heavy atom. The van der Waals surface area contributed by atoms with E-state index >= 15 is 0 Å². The number of sulfone groups is 1. The molecule has 1 saturated heterocycles. The molecule has 0 aromatic carbocycles. The maximum Gasteiger partial charge on any atom is 0.328 e. The molecule has 1 heterocycles. The third-order valence-electron chi connectivity index (χ3n) is 3.13. The maximum absolute atomic E-state index is 12.1. The topological polar surface area (TPSA) is 107 Å². The highest BCUT2D eigenvalue weighted by Gasteiger charge is 2.36. The standard InChI is InChI=1S/C11H20N2O5S/c1-18-11(15)9-4-3-6-13(9)10(14)8(12)5-7-19(2,16)17/h8-9H,3-7,12H2,1-2H3. The summed E-state index contributed by atoms with van der Waals surface area (Å²) >= 11 is 0. The van der Waals surface area contributed by atoms with Crippen LogP contribution in [0.5, 0.6) is 0 Å². The summed E-state index contributed by atoms with van der Waals surface area (Å²) in [5, 5.41) is 0. The van der Waals surface area contributed by atoms with Crippen LogP contribution >= 0.6 is 0 Å². The lowest BCUT2D eigenvalue weighted by atomic mass is 10.2. The molecular formula is C11H20N2O5S.